The maximum Gasteiger partial charge on any atom is 0.340 e. The summed E-state index contributed by atoms with van der Waals surface area (Å²) < 4.78 is 10.2. The molecular formula is C18H19NO3. The number of hydrogen-bond acceptors (Lipinski definition) is 4. The second-order valence-electron chi connectivity index (χ2n) is 4.52. The minimum Gasteiger partial charge on any atom is -0.497 e. The van der Waals surface area contributed by atoms with Gasteiger partial charge in [0.05, 0.1) is 19.3 Å². The Morgan fingerprint density at radius 3 is 2.36 bits per heavy atom. The van der Waals surface area contributed by atoms with E-state index >= 15 is 0 Å². The van der Waals surface area contributed by atoms with E-state index in [1.54, 1.807) is 20.2 Å². The van der Waals surface area contributed by atoms with E-state index in [9.17, 15) is 4.79 Å². The molecule has 2 aromatic rings. The molecule has 22 heavy (non-hydrogen) atoms. The third-order valence-corrected chi connectivity index (χ3v) is 3.05. The van der Waals surface area contributed by atoms with Gasteiger partial charge in [-0.15, -0.1) is 0 Å². The van der Waals surface area contributed by atoms with E-state index in [1.807, 2.05) is 54.6 Å². The average Bonchev–Trinajstić information content (AvgIpc) is 2.57. The Kier molecular flexibility index (Phi) is 5.60. The fourth-order valence-corrected chi connectivity index (χ4v) is 1.93. The van der Waals surface area contributed by atoms with E-state index in [-0.39, 0.29) is 5.97 Å². The van der Waals surface area contributed by atoms with E-state index in [1.165, 1.54) is 0 Å². The van der Waals surface area contributed by atoms with Crippen molar-refractivity contribution < 1.29 is 14.3 Å². The molecule has 2 aromatic carbocycles. The molecule has 0 amide bonds. The summed E-state index contributed by atoms with van der Waals surface area (Å²) in [6, 6.07) is 16.9. The van der Waals surface area contributed by atoms with E-state index in [4.69, 9.17) is 9.47 Å². The highest BCUT2D eigenvalue weighted by Crippen LogP contribution is 2.19. The topological polar surface area (TPSA) is 47.6 Å². The van der Waals surface area contributed by atoms with Crippen LogP contribution in [-0.4, -0.2) is 19.7 Å². The zero-order valence-corrected chi connectivity index (χ0v) is 12.7. The fraction of sp³-hybridized carbons (Fsp3) is 0.167. The first-order chi connectivity index (χ1) is 10.7. The van der Waals surface area contributed by atoms with Crippen LogP contribution < -0.4 is 10.1 Å². The van der Waals surface area contributed by atoms with E-state index < -0.39 is 0 Å². The normalized spacial score (nSPS) is 10.9. The number of methoxy groups -OCH3 is 1. The molecule has 0 bridgehead atoms. The van der Waals surface area contributed by atoms with Gasteiger partial charge < -0.3 is 14.8 Å². The molecule has 4 heteroatoms. The number of carbonyl (C=O) groups excluding carboxylic acids is 1. The Hall–Kier alpha value is -2.75. The first-order valence-electron chi connectivity index (χ1n) is 7.08. The largest absolute Gasteiger partial charge is 0.497 e. The van der Waals surface area contributed by atoms with Crippen LogP contribution in [-0.2, 0) is 9.53 Å². The minimum absolute atomic E-state index is 0.339. The number of carbonyl (C=O) groups is 1. The Bertz CT molecular complexity index is 633. The standard InChI is InChI=1S/C18H19NO3/c1-3-22-18(20)17(14-7-5-4-6-8-14)13-19-15-9-11-16(21-2)12-10-15/h4-13,19H,3H2,1-2H3/b17-13-. The third kappa shape index (κ3) is 4.12. The van der Waals surface area contributed by atoms with Crippen LogP contribution in [0.15, 0.2) is 60.8 Å². The molecule has 0 aromatic heterocycles. The monoisotopic (exact) mass is 297 g/mol. The lowest BCUT2D eigenvalue weighted by Gasteiger charge is -2.09. The van der Waals surface area contributed by atoms with Gasteiger partial charge >= 0.3 is 5.97 Å². The minimum atomic E-state index is -0.352. The summed E-state index contributed by atoms with van der Waals surface area (Å²) >= 11 is 0. The van der Waals surface area contributed by atoms with Crippen LogP contribution in [0.2, 0.25) is 0 Å². The average molecular weight is 297 g/mol. The summed E-state index contributed by atoms with van der Waals surface area (Å²) in [5, 5.41) is 3.12. The molecule has 0 aliphatic carbocycles. The third-order valence-electron chi connectivity index (χ3n) is 3.05. The summed E-state index contributed by atoms with van der Waals surface area (Å²) in [7, 11) is 1.62. The van der Waals surface area contributed by atoms with Crippen molar-refractivity contribution in [3.8, 4) is 5.75 Å². The first kappa shape index (κ1) is 15.6. The second kappa shape index (κ2) is 7.88. The van der Waals surface area contributed by atoms with Gasteiger partial charge in [0.15, 0.2) is 0 Å². The Balaban J connectivity index is 2.22. The smallest absolute Gasteiger partial charge is 0.340 e. The molecule has 0 aliphatic rings. The summed E-state index contributed by atoms with van der Waals surface area (Å²) in [6.45, 7) is 2.13. The Labute approximate surface area is 130 Å². The van der Waals surface area contributed by atoms with Crippen molar-refractivity contribution in [2.75, 3.05) is 19.0 Å². The second-order valence-corrected chi connectivity index (χ2v) is 4.52. The summed E-state index contributed by atoms with van der Waals surface area (Å²) in [5.41, 5.74) is 2.15. The van der Waals surface area contributed by atoms with Crippen LogP contribution in [0, 0.1) is 0 Å². The number of esters is 1. The van der Waals surface area contributed by atoms with Gasteiger partial charge in [-0.1, -0.05) is 30.3 Å². The molecule has 0 fully saturated rings. The molecule has 0 unspecified atom stereocenters. The predicted octanol–water partition coefficient (Wildman–Crippen LogP) is 3.71. The molecule has 4 nitrogen and oxygen atoms in total. The maximum absolute atomic E-state index is 12.1. The lowest BCUT2D eigenvalue weighted by atomic mass is 10.1. The van der Waals surface area contributed by atoms with E-state index in [0.29, 0.717) is 12.2 Å². The van der Waals surface area contributed by atoms with Gasteiger partial charge in [-0.2, -0.15) is 0 Å². The molecule has 0 aliphatic heterocycles. The number of benzene rings is 2. The highest BCUT2D eigenvalue weighted by Gasteiger charge is 2.12. The van der Waals surface area contributed by atoms with Crippen LogP contribution in [0.5, 0.6) is 5.75 Å². The molecule has 0 saturated heterocycles. The molecule has 114 valence electrons. The Morgan fingerprint density at radius 2 is 1.77 bits per heavy atom. The quantitative estimate of drug-likeness (QED) is 0.652. The molecule has 2 rings (SSSR count). The van der Waals surface area contributed by atoms with Gasteiger partial charge in [0.2, 0.25) is 0 Å². The fourth-order valence-electron chi connectivity index (χ4n) is 1.93. The van der Waals surface area contributed by atoms with Gasteiger partial charge in [-0.3, -0.25) is 0 Å². The molecule has 0 saturated carbocycles. The first-order valence-corrected chi connectivity index (χ1v) is 7.08. The van der Waals surface area contributed by atoms with Crippen molar-refractivity contribution in [2.45, 2.75) is 6.92 Å². The highest BCUT2D eigenvalue weighted by atomic mass is 16.5. The van der Waals surface area contributed by atoms with Crippen molar-refractivity contribution >= 4 is 17.2 Å². The summed E-state index contributed by atoms with van der Waals surface area (Å²) in [5.74, 6) is 0.429. The van der Waals surface area contributed by atoms with Crippen molar-refractivity contribution in [1.82, 2.24) is 0 Å². The van der Waals surface area contributed by atoms with Gasteiger partial charge in [0, 0.05) is 11.9 Å². The summed E-state index contributed by atoms with van der Waals surface area (Å²) in [4.78, 5) is 12.1. The van der Waals surface area contributed by atoms with Crippen molar-refractivity contribution in [2.24, 2.45) is 0 Å². The lowest BCUT2D eigenvalue weighted by molar-refractivity contribution is -0.136. The van der Waals surface area contributed by atoms with Crippen molar-refractivity contribution in [1.29, 1.82) is 0 Å². The zero-order valence-electron chi connectivity index (χ0n) is 12.7. The molecular weight excluding hydrogens is 278 g/mol. The van der Waals surface area contributed by atoms with Crippen LogP contribution in [0.3, 0.4) is 0 Å². The molecule has 0 spiro atoms. The number of rotatable bonds is 6. The number of nitrogens with one attached hydrogen (secondary N) is 1. The van der Waals surface area contributed by atoms with E-state index in [0.717, 1.165) is 17.0 Å². The van der Waals surface area contributed by atoms with Crippen molar-refractivity contribution in [3.63, 3.8) is 0 Å². The van der Waals surface area contributed by atoms with Crippen LogP contribution in [0.4, 0.5) is 5.69 Å². The predicted molar refractivity (Wildman–Crippen MR) is 87.7 cm³/mol. The van der Waals surface area contributed by atoms with Gasteiger partial charge in [0.25, 0.3) is 0 Å². The SMILES string of the molecule is CCOC(=O)/C(=C\Nc1ccc(OC)cc1)c1ccccc1. The van der Waals surface area contributed by atoms with Crippen molar-refractivity contribution in [3.05, 3.63) is 66.4 Å². The zero-order chi connectivity index (χ0) is 15.8. The van der Waals surface area contributed by atoms with Gasteiger partial charge in [0.1, 0.15) is 5.75 Å². The number of anilines is 1. The van der Waals surface area contributed by atoms with E-state index in [2.05, 4.69) is 5.32 Å². The Morgan fingerprint density at radius 1 is 1.09 bits per heavy atom. The number of hydrogen-bond donors (Lipinski definition) is 1. The maximum atomic E-state index is 12.1. The number of ether oxygens (including phenoxy) is 2. The lowest BCUT2D eigenvalue weighted by Crippen LogP contribution is -2.08. The van der Waals surface area contributed by atoms with Crippen LogP contribution >= 0.6 is 0 Å². The molecule has 1 N–H and O–H groups in total. The van der Waals surface area contributed by atoms with Crippen LogP contribution in [0.25, 0.3) is 5.57 Å². The molecule has 0 atom stereocenters. The van der Waals surface area contributed by atoms with Gasteiger partial charge in [-0.25, -0.2) is 4.79 Å². The molecule has 0 heterocycles. The highest BCUT2D eigenvalue weighted by molar-refractivity contribution is 6.16. The summed E-state index contributed by atoms with van der Waals surface area (Å²) in [6.07, 6.45) is 1.66. The van der Waals surface area contributed by atoms with Gasteiger partial charge in [-0.05, 0) is 36.8 Å². The molecule has 0 radical (unpaired) electrons. The van der Waals surface area contributed by atoms with Crippen LogP contribution in [0.1, 0.15) is 12.5 Å².